The summed E-state index contributed by atoms with van der Waals surface area (Å²) in [5.74, 6) is 6.38. The van der Waals surface area contributed by atoms with Gasteiger partial charge >= 0.3 is 0 Å². The van der Waals surface area contributed by atoms with Gasteiger partial charge in [-0.3, -0.25) is 0 Å². The third kappa shape index (κ3) is 20.0. The van der Waals surface area contributed by atoms with E-state index in [1.807, 2.05) is 22.7 Å². The lowest BCUT2D eigenvalue weighted by atomic mass is 9.70. The molecule has 0 amide bonds. The summed E-state index contributed by atoms with van der Waals surface area (Å²) in [5.41, 5.74) is 11.3. The molecule has 6 aromatic rings. The Labute approximate surface area is 504 Å². The van der Waals surface area contributed by atoms with E-state index in [-0.39, 0.29) is 5.41 Å². The standard InChI is InChI=1S/C77H110O2S2/c1-11-13-15-17-19-21-51-77(52-22-20-18-16-14-12-2)71-53-65(75-49-47-73(80-75)63-35-41-67(42-36-63)78-55-61(9)33-25-31-59(7)29-23-27-57(3)4)39-45-69(71)70-46-40-66(54-72(70)77)76-50-48-74(81-76)64-37-43-68(44-38-64)79-56-62(10)34-26-32-60(8)30-24-28-58(5)6/h35-50,53-54,57-62H,11-34,51-52,55-56H2,1-10H3. The average molecular weight is 1130 g/mol. The van der Waals surface area contributed by atoms with E-state index < -0.39 is 0 Å². The third-order valence-electron chi connectivity index (χ3n) is 18.1. The molecule has 81 heavy (non-hydrogen) atoms. The summed E-state index contributed by atoms with van der Waals surface area (Å²) >= 11 is 3.86. The molecule has 0 fully saturated rings. The molecule has 4 heteroatoms. The average Bonchev–Trinajstić information content (AvgIpc) is 3.37. The molecule has 2 aromatic heterocycles. The molecule has 1 aliphatic rings. The van der Waals surface area contributed by atoms with Crippen molar-refractivity contribution in [2.45, 2.75) is 242 Å². The Hall–Kier alpha value is -4.12. The molecule has 7 rings (SSSR count). The SMILES string of the molecule is CCCCCCCCC1(CCCCCCCC)c2cc(-c3ccc(-c4ccc(OCC(C)CCCC(C)CCCC(C)C)cc4)s3)ccc2-c2ccc(-c3ccc(-c4ccc(OCC(C)CCCC(C)CCCC(C)C)cc4)s3)cc21. The zero-order chi connectivity index (χ0) is 57.4. The van der Waals surface area contributed by atoms with Crippen molar-refractivity contribution in [2.75, 3.05) is 13.2 Å². The normalized spacial score (nSPS) is 14.3. The number of hydrogen-bond donors (Lipinski definition) is 0. The van der Waals surface area contributed by atoms with Gasteiger partial charge in [-0.05, 0) is 191 Å². The Bertz CT molecular complexity index is 2500. The maximum Gasteiger partial charge on any atom is 0.119 e. The molecule has 442 valence electrons. The van der Waals surface area contributed by atoms with Crippen LogP contribution in [0.4, 0.5) is 0 Å². The molecule has 2 nitrogen and oxygen atoms in total. The number of unbranched alkanes of at least 4 members (excludes halogenated alkanes) is 10. The van der Waals surface area contributed by atoms with Gasteiger partial charge in [-0.2, -0.15) is 0 Å². The number of hydrogen-bond acceptors (Lipinski definition) is 4. The lowest BCUT2D eigenvalue weighted by Crippen LogP contribution is -2.25. The molecule has 0 bridgehead atoms. The quantitative estimate of drug-likeness (QED) is 0.0357. The van der Waals surface area contributed by atoms with Crippen LogP contribution in [0.25, 0.3) is 52.9 Å². The van der Waals surface area contributed by atoms with Gasteiger partial charge in [0.05, 0.1) is 13.2 Å². The maximum absolute atomic E-state index is 6.36. The Kier molecular flexibility index (Phi) is 27.0. The second-order valence-corrected chi connectivity index (χ2v) is 28.7. The number of rotatable bonds is 40. The highest BCUT2D eigenvalue weighted by atomic mass is 32.1. The largest absolute Gasteiger partial charge is 0.493 e. The van der Waals surface area contributed by atoms with Crippen LogP contribution in [0.5, 0.6) is 11.5 Å². The summed E-state index contributed by atoms with van der Waals surface area (Å²) in [6.45, 7) is 25.2. The molecule has 4 aromatic carbocycles. The van der Waals surface area contributed by atoms with Crippen LogP contribution in [-0.4, -0.2) is 13.2 Å². The summed E-state index contributed by atoms with van der Waals surface area (Å²) in [4.78, 5) is 5.33. The smallest absolute Gasteiger partial charge is 0.119 e. The maximum atomic E-state index is 6.36. The van der Waals surface area contributed by atoms with E-state index in [0.717, 1.165) is 48.4 Å². The predicted molar refractivity (Wildman–Crippen MR) is 359 cm³/mol. The highest BCUT2D eigenvalue weighted by molar-refractivity contribution is 7.19. The summed E-state index contributed by atoms with van der Waals surface area (Å²) in [6, 6.07) is 42.3. The molecule has 1 aliphatic carbocycles. The summed E-state index contributed by atoms with van der Waals surface area (Å²) < 4.78 is 12.7. The monoisotopic (exact) mass is 1130 g/mol. The summed E-state index contributed by atoms with van der Waals surface area (Å²) in [7, 11) is 0. The van der Waals surface area contributed by atoms with Crippen molar-refractivity contribution in [3.05, 3.63) is 120 Å². The van der Waals surface area contributed by atoms with Crippen molar-refractivity contribution in [1.82, 2.24) is 0 Å². The fourth-order valence-electron chi connectivity index (χ4n) is 12.9. The van der Waals surface area contributed by atoms with Gasteiger partial charge in [0.25, 0.3) is 0 Å². The van der Waals surface area contributed by atoms with Gasteiger partial charge < -0.3 is 9.47 Å². The number of fused-ring (bicyclic) bond motifs is 3. The van der Waals surface area contributed by atoms with Gasteiger partial charge in [0, 0.05) is 24.9 Å². The first kappa shape index (κ1) is 64.4. The van der Waals surface area contributed by atoms with E-state index >= 15 is 0 Å². The van der Waals surface area contributed by atoms with Crippen molar-refractivity contribution in [2.24, 2.45) is 35.5 Å². The summed E-state index contributed by atoms with van der Waals surface area (Å²) in [5, 5.41) is 0. The van der Waals surface area contributed by atoms with E-state index in [1.54, 1.807) is 11.1 Å². The fourth-order valence-corrected chi connectivity index (χ4v) is 14.9. The Morgan fingerprint density at radius 3 is 1.02 bits per heavy atom. The second kappa shape index (κ2) is 34.0. The van der Waals surface area contributed by atoms with Crippen LogP contribution in [0, 0.1) is 35.5 Å². The molecule has 4 unspecified atom stereocenters. The summed E-state index contributed by atoms with van der Waals surface area (Å²) in [6.07, 6.45) is 34.2. The zero-order valence-corrected chi connectivity index (χ0v) is 54.4. The molecule has 0 saturated heterocycles. The second-order valence-electron chi connectivity index (χ2n) is 26.6. The molecule has 0 spiro atoms. The molecular formula is C77H110O2S2. The first-order chi connectivity index (χ1) is 39.3. The van der Waals surface area contributed by atoms with Gasteiger partial charge in [-0.25, -0.2) is 0 Å². The van der Waals surface area contributed by atoms with Crippen molar-refractivity contribution in [3.8, 4) is 64.4 Å². The van der Waals surface area contributed by atoms with Crippen molar-refractivity contribution in [3.63, 3.8) is 0 Å². The number of ether oxygens (including phenoxy) is 2. The Morgan fingerprint density at radius 1 is 0.333 bits per heavy atom. The van der Waals surface area contributed by atoms with Gasteiger partial charge in [-0.15, -0.1) is 22.7 Å². The number of thiophene rings is 2. The van der Waals surface area contributed by atoms with Crippen LogP contribution in [0.1, 0.15) is 247 Å². The van der Waals surface area contributed by atoms with Crippen molar-refractivity contribution < 1.29 is 9.47 Å². The van der Waals surface area contributed by atoms with Crippen LogP contribution in [0.2, 0.25) is 0 Å². The zero-order valence-electron chi connectivity index (χ0n) is 52.8. The first-order valence-electron chi connectivity index (χ1n) is 33.3. The molecular weight excluding hydrogens is 1020 g/mol. The predicted octanol–water partition coefficient (Wildman–Crippen LogP) is 25.5. The van der Waals surface area contributed by atoms with E-state index in [2.05, 4.69) is 178 Å². The van der Waals surface area contributed by atoms with E-state index in [0.29, 0.717) is 11.8 Å². The first-order valence-corrected chi connectivity index (χ1v) is 34.9. The van der Waals surface area contributed by atoms with Crippen LogP contribution in [0.15, 0.2) is 109 Å². The van der Waals surface area contributed by atoms with Gasteiger partial charge in [0.2, 0.25) is 0 Å². The Balaban J connectivity index is 1.05. The third-order valence-corrected chi connectivity index (χ3v) is 20.5. The molecule has 0 radical (unpaired) electrons. The van der Waals surface area contributed by atoms with Gasteiger partial charge in [0.15, 0.2) is 0 Å². The highest BCUT2D eigenvalue weighted by Crippen LogP contribution is 2.56. The minimum atomic E-state index is -0.00971. The van der Waals surface area contributed by atoms with Gasteiger partial charge in [0.1, 0.15) is 11.5 Å². The van der Waals surface area contributed by atoms with Crippen molar-refractivity contribution in [1.29, 1.82) is 0 Å². The molecule has 4 atom stereocenters. The number of benzene rings is 4. The lowest BCUT2D eigenvalue weighted by Gasteiger charge is -2.33. The molecule has 0 N–H and O–H groups in total. The van der Waals surface area contributed by atoms with E-state index in [9.17, 15) is 0 Å². The fraction of sp³-hybridized carbons (Fsp3) is 0.584. The minimum Gasteiger partial charge on any atom is -0.493 e. The van der Waals surface area contributed by atoms with Crippen LogP contribution in [0.3, 0.4) is 0 Å². The molecule has 0 saturated carbocycles. The van der Waals surface area contributed by atoms with E-state index in [1.165, 1.54) is 220 Å². The molecule has 0 aliphatic heterocycles. The van der Waals surface area contributed by atoms with Gasteiger partial charge in [-0.1, -0.05) is 235 Å². The van der Waals surface area contributed by atoms with E-state index in [4.69, 9.17) is 9.47 Å². The van der Waals surface area contributed by atoms with Crippen molar-refractivity contribution >= 4 is 22.7 Å². The topological polar surface area (TPSA) is 18.5 Å². The molecule has 2 heterocycles. The Morgan fingerprint density at radius 2 is 0.654 bits per heavy atom. The van der Waals surface area contributed by atoms with Crippen LogP contribution >= 0.6 is 22.7 Å². The van der Waals surface area contributed by atoms with Crippen LogP contribution < -0.4 is 9.47 Å². The van der Waals surface area contributed by atoms with Crippen LogP contribution in [-0.2, 0) is 5.41 Å². The minimum absolute atomic E-state index is 0.00971. The lowest BCUT2D eigenvalue weighted by molar-refractivity contribution is 0.246. The highest BCUT2D eigenvalue weighted by Gasteiger charge is 2.43.